The Morgan fingerprint density at radius 2 is 1.41 bits per heavy atom. The van der Waals surface area contributed by atoms with Crippen molar-refractivity contribution in [3.05, 3.63) is 114 Å². The molecule has 0 saturated carbocycles. The molecule has 1 aliphatic rings. The van der Waals surface area contributed by atoms with Crippen molar-refractivity contribution >= 4 is 12.0 Å². The molecule has 0 bridgehead atoms. The van der Waals surface area contributed by atoms with E-state index in [-0.39, 0.29) is 6.10 Å². The molecule has 0 aliphatic carbocycles. The Balaban J connectivity index is 1.67. The number of nitrogens with zero attached hydrogens (tertiary/aromatic N) is 2. The molecule has 0 spiro atoms. The molecule has 130 valence electrons. The second-order valence-corrected chi connectivity index (χ2v) is 6.52. The highest BCUT2D eigenvalue weighted by atomic mass is 16.5. The summed E-state index contributed by atoms with van der Waals surface area (Å²) >= 11 is 0. The molecular formula is C24H18N2O. The first-order chi connectivity index (χ1) is 13.4. The van der Waals surface area contributed by atoms with Crippen LogP contribution in [0.15, 0.2) is 97.3 Å². The maximum atomic E-state index is 6.41. The summed E-state index contributed by atoms with van der Waals surface area (Å²) in [4.78, 5) is 4.72. The van der Waals surface area contributed by atoms with Gasteiger partial charge in [0, 0.05) is 11.6 Å². The van der Waals surface area contributed by atoms with Crippen LogP contribution < -0.4 is 0 Å². The molecule has 3 aromatic carbocycles. The molecule has 0 amide bonds. The third-order valence-electron chi connectivity index (χ3n) is 4.77. The van der Waals surface area contributed by atoms with Crippen LogP contribution in [0.3, 0.4) is 0 Å². The van der Waals surface area contributed by atoms with Gasteiger partial charge in [-0.2, -0.15) is 0 Å². The van der Waals surface area contributed by atoms with E-state index < -0.39 is 0 Å². The Bertz CT molecular complexity index is 1080. The van der Waals surface area contributed by atoms with Gasteiger partial charge in [-0.25, -0.2) is 4.98 Å². The van der Waals surface area contributed by atoms with Crippen LogP contribution in [0, 0.1) is 0 Å². The van der Waals surface area contributed by atoms with Crippen LogP contribution in [0.4, 0.5) is 0 Å². The fourth-order valence-corrected chi connectivity index (χ4v) is 3.48. The Labute approximate surface area is 158 Å². The molecule has 0 N–H and O–H groups in total. The molecule has 4 aromatic rings. The minimum atomic E-state index is -0.182. The predicted octanol–water partition coefficient (Wildman–Crippen LogP) is 5.63. The zero-order chi connectivity index (χ0) is 18.1. The molecule has 0 fully saturated rings. The van der Waals surface area contributed by atoms with Gasteiger partial charge in [0.2, 0.25) is 5.88 Å². The summed E-state index contributed by atoms with van der Waals surface area (Å²) in [5.41, 5.74) is 5.34. The van der Waals surface area contributed by atoms with E-state index in [0.29, 0.717) is 0 Å². The van der Waals surface area contributed by atoms with Crippen molar-refractivity contribution in [1.29, 1.82) is 0 Å². The highest BCUT2D eigenvalue weighted by Crippen LogP contribution is 2.42. The van der Waals surface area contributed by atoms with Gasteiger partial charge in [-0.05, 0) is 11.1 Å². The van der Waals surface area contributed by atoms with Crippen molar-refractivity contribution in [2.75, 3.05) is 0 Å². The molecule has 1 aliphatic heterocycles. The summed E-state index contributed by atoms with van der Waals surface area (Å²) in [6, 6.07) is 30.8. The molecule has 2 heterocycles. The van der Waals surface area contributed by atoms with Crippen LogP contribution in [-0.4, -0.2) is 9.55 Å². The molecule has 1 aromatic heterocycles. The van der Waals surface area contributed by atoms with Crippen molar-refractivity contribution in [2.45, 2.75) is 6.10 Å². The van der Waals surface area contributed by atoms with E-state index in [9.17, 15) is 0 Å². The monoisotopic (exact) mass is 350 g/mol. The largest absolute Gasteiger partial charge is 0.464 e. The first kappa shape index (κ1) is 15.6. The molecule has 0 saturated heterocycles. The molecule has 5 rings (SSSR count). The van der Waals surface area contributed by atoms with E-state index in [1.807, 2.05) is 60.9 Å². The quantitative estimate of drug-likeness (QED) is 0.479. The van der Waals surface area contributed by atoms with E-state index in [0.717, 1.165) is 34.0 Å². The Kier molecular flexibility index (Phi) is 3.83. The predicted molar refractivity (Wildman–Crippen MR) is 108 cm³/mol. The van der Waals surface area contributed by atoms with E-state index in [4.69, 9.17) is 9.72 Å². The van der Waals surface area contributed by atoms with Crippen LogP contribution in [0.2, 0.25) is 0 Å². The fourth-order valence-electron chi connectivity index (χ4n) is 3.48. The first-order valence-corrected chi connectivity index (χ1v) is 9.01. The van der Waals surface area contributed by atoms with Gasteiger partial charge in [0.25, 0.3) is 0 Å². The van der Waals surface area contributed by atoms with Gasteiger partial charge in [0.05, 0.1) is 11.4 Å². The summed E-state index contributed by atoms with van der Waals surface area (Å²) in [7, 11) is 0. The number of hydrogen-bond acceptors (Lipinski definition) is 2. The molecule has 0 radical (unpaired) electrons. The van der Waals surface area contributed by atoms with Gasteiger partial charge >= 0.3 is 0 Å². The lowest BCUT2D eigenvalue weighted by Crippen LogP contribution is -2.00. The Morgan fingerprint density at radius 1 is 0.778 bits per heavy atom. The van der Waals surface area contributed by atoms with Crippen LogP contribution >= 0.6 is 0 Å². The number of aromatic nitrogens is 2. The zero-order valence-corrected chi connectivity index (χ0v) is 14.7. The van der Waals surface area contributed by atoms with Gasteiger partial charge in [-0.3, -0.25) is 4.57 Å². The second-order valence-electron chi connectivity index (χ2n) is 6.52. The van der Waals surface area contributed by atoms with Crippen molar-refractivity contribution in [2.24, 2.45) is 0 Å². The molecule has 3 heteroatoms. The maximum Gasteiger partial charge on any atom is 0.200 e. The Hall–Kier alpha value is -3.59. The summed E-state index contributed by atoms with van der Waals surface area (Å²) in [6.45, 7) is 0. The fraction of sp³-hybridized carbons (Fsp3) is 0.0417. The summed E-state index contributed by atoms with van der Waals surface area (Å²) in [5, 5.41) is 0. The van der Waals surface area contributed by atoms with Gasteiger partial charge < -0.3 is 4.74 Å². The average Bonchev–Trinajstić information content (AvgIpc) is 3.32. The minimum absolute atomic E-state index is 0.182. The molecule has 27 heavy (non-hydrogen) atoms. The van der Waals surface area contributed by atoms with E-state index in [1.54, 1.807) is 0 Å². The summed E-state index contributed by atoms with van der Waals surface area (Å²) in [5.74, 6) is 0.791. The summed E-state index contributed by atoms with van der Waals surface area (Å²) < 4.78 is 8.47. The number of imidazole rings is 1. The summed E-state index contributed by atoms with van der Waals surface area (Å²) in [6.07, 6.45) is 3.73. The lowest BCUT2D eigenvalue weighted by atomic mass is 10.0. The number of hydrogen-bond donors (Lipinski definition) is 0. The van der Waals surface area contributed by atoms with Crippen molar-refractivity contribution in [3.8, 4) is 11.3 Å². The van der Waals surface area contributed by atoms with E-state index in [2.05, 4.69) is 47.0 Å². The maximum absolute atomic E-state index is 6.41. The standard InChI is InChI=1S/C24H18N2O/c1-4-10-18(11-5-1)16-21-26-17-25-22(19-12-6-2-7-13-19)23(26)24(27-21)20-14-8-3-9-15-20/h1-17,24H/b21-16-. The highest BCUT2D eigenvalue weighted by molar-refractivity contribution is 5.73. The average molecular weight is 350 g/mol. The normalized spacial score (nSPS) is 16.9. The van der Waals surface area contributed by atoms with Crippen LogP contribution in [0.25, 0.3) is 23.2 Å². The van der Waals surface area contributed by atoms with Crippen molar-refractivity contribution in [1.82, 2.24) is 9.55 Å². The van der Waals surface area contributed by atoms with Crippen LogP contribution in [-0.2, 0) is 4.74 Å². The number of fused-ring (bicyclic) bond motifs is 1. The Morgan fingerprint density at radius 3 is 2.11 bits per heavy atom. The second kappa shape index (κ2) is 6.61. The number of ether oxygens (including phenoxy) is 1. The zero-order valence-electron chi connectivity index (χ0n) is 14.7. The van der Waals surface area contributed by atoms with E-state index >= 15 is 0 Å². The SMILES string of the molecule is C(=C1/OC(c2ccccc2)c2c(-c3ccccc3)ncn21)/c1ccccc1. The lowest BCUT2D eigenvalue weighted by molar-refractivity contribution is 0.227. The highest BCUT2D eigenvalue weighted by Gasteiger charge is 2.33. The molecule has 1 atom stereocenters. The lowest BCUT2D eigenvalue weighted by Gasteiger charge is -2.12. The minimum Gasteiger partial charge on any atom is -0.464 e. The third kappa shape index (κ3) is 2.83. The van der Waals surface area contributed by atoms with Gasteiger partial charge in [0.1, 0.15) is 6.33 Å². The van der Waals surface area contributed by atoms with Crippen LogP contribution in [0.1, 0.15) is 22.9 Å². The number of rotatable bonds is 3. The molecular weight excluding hydrogens is 332 g/mol. The molecule has 3 nitrogen and oxygen atoms in total. The number of benzene rings is 3. The van der Waals surface area contributed by atoms with Crippen molar-refractivity contribution in [3.63, 3.8) is 0 Å². The van der Waals surface area contributed by atoms with E-state index in [1.165, 1.54) is 0 Å². The van der Waals surface area contributed by atoms with Gasteiger partial charge in [-0.1, -0.05) is 91.0 Å². The third-order valence-corrected chi connectivity index (χ3v) is 4.77. The topological polar surface area (TPSA) is 27.1 Å². The smallest absolute Gasteiger partial charge is 0.200 e. The molecule has 1 unspecified atom stereocenters. The van der Waals surface area contributed by atoms with Gasteiger partial charge in [-0.15, -0.1) is 0 Å². The van der Waals surface area contributed by atoms with Gasteiger partial charge in [0.15, 0.2) is 6.10 Å². The van der Waals surface area contributed by atoms with Crippen molar-refractivity contribution < 1.29 is 4.74 Å². The van der Waals surface area contributed by atoms with Crippen LogP contribution in [0.5, 0.6) is 0 Å². The first-order valence-electron chi connectivity index (χ1n) is 9.01.